The minimum atomic E-state index is -0.740. The predicted molar refractivity (Wildman–Crippen MR) is 104 cm³/mol. The summed E-state index contributed by atoms with van der Waals surface area (Å²) in [4.78, 5) is 13.8. The second kappa shape index (κ2) is 6.55. The third kappa shape index (κ3) is 2.98. The van der Waals surface area contributed by atoms with Gasteiger partial charge in [0.15, 0.2) is 0 Å². The molecular formula is C20H19N3O2S. The molecule has 3 heterocycles. The topological polar surface area (TPSA) is 59.5 Å². The van der Waals surface area contributed by atoms with Crippen molar-refractivity contribution in [1.82, 2.24) is 14.2 Å². The quantitative estimate of drug-likeness (QED) is 0.601. The first-order valence-corrected chi connectivity index (χ1v) is 9.29. The van der Waals surface area contributed by atoms with Crippen LogP contribution in [0.3, 0.4) is 0 Å². The summed E-state index contributed by atoms with van der Waals surface area (Å²) in [5, 5.41) is 17.1. The smallest absolute Gasteiger partial charge is 0.276 e. The number of fused-ring (bicyclic) bond motifs is 1. The van der Waals surface area contributed by atoms with Gasteiger partial charge in [0.2, 0.25) is 0 Å². The van der Waals surface area contributed by atoms with Gasteiger partial charge in [-0.25, -0.2) is 4.52 Å². The molecule has 6 heteroatoms. The van der Waals surface area contributed by atoms with Gasteiger partial charge in [-0.15, -0.1) is 11.3 Å². The van der Waals surface area contributed by atoms with E-state index < -0.39 is 6.10 Å². The van der Waals surface area contributed by atoms with Gasteiger partial charge in [-0.1, -0.05) is 29.8 Å². The summed E-state index contributed by atoms with van der Waals surface area (Å²) in [6, 6.07) is 11.7. The fraction of sp³-hybridized carbons (Fsp3) is 0.200. The number of aromatic nitrogens is 3. The van der Waals surface area contributed by atoms with Gasteiger partial charge in [-0.2, -0.15) is 5.10 Å². The van der Waals surface area contributed by atoms with E-state index in [-0.39, 0.29) is 12.1 Å². The minimum Gasteiger partial charge on any atom is -0.387 e. The lowest BCUT2D eigenvalue weighted by Crippen LogP contribution is -2.24. The number of aliphatic hydroxyl groups excluding tert-OH is 1. The van der Waals surface area contributed by atoms with Crippen LogP contribution in [0, 0.1) is 13.8 Å². The summed E-state index contributed by atoms with van der Waals surface area (Å²) >= 11 is 1.59. The fourth-order valence-electron chi connectivity index (χ4n) is 3.20. The highest BCUT2D eigenvalue weighted by Crippen LogP contribution is 2.24. The van der Waals surface area contributed by atoms with Crippen LogP contribution in [-0.2, 0) is 6.54 Å². The lowest BCUT2D eigenvalue weighted by atomic mass is 10.0. The molecular weight excluding hydrogens is 346 g/mol. The lowest BCUT2D eigenvalue weighted by molar-refractivity contribution is 0.154. The molecule has 1 N–H and O–H groups in total. The van der Waals surface area contributed by atoms with E-state index in [0.29, 0.717) is 5.52 Å². The molecule has 0 amide bonds. The molecule has 26 heavy (non-hydrogen) atoms. The first-order chi connectivity index (χ1) is 12.5. The average molecular weight is 365 g/mol. The zero-order chi connectivity index (χ0) is 18.3. The lowest BCUT2D eigenvalue weighted by Gasteiger charge is -2.16. The van der Waals surface area contributed by atoms with E-state index >= 15 is 0 Å². The standard InChI is InChI=1S/C20H19N3O2S/c1-13-5-6-15(14(2)10-13)18(24)12-22-7-8-23-17(20(22)25)11-16(21-23)19-4-3-9-26-19/h3-11,18,24H,12H2,1-2H3/t18-/m0/s1. The first-order valence-electron chi connectivity index (χ1n) is 8.41. The van der Waals surface area contributed by atoms with Gasteiger partial charge in [-0.3, -0.25) is 4.79 Å². The number of rotatable bonds is 4. The van der Waals surface area contributed by atoms with Gasteiger partial charge >= 0.3 is 0 Å². The summed E-state index contributed by atoms with van der Waals surface area (Å²) in [7, 11) is 0. The Morgan fingerprint density at radius 2 is 2.04 bits per heavy atom. The summed E-state index contributed by atoms with van der Waals surface area (Å²) in [5.74, 6) is 0. The van der Waals surface area contributed by atoms with Crippen molar-refractivity contribution in [3.05, 3.63) is 81.2 Å². The number of nitrogens with zero attached hydrogens (tertiary/aromatic N) is 3. The average Bonchev–Trinajstić information content (AvgIpc) is 3.26. The molecule has 0 aliphatic rings. The highest BCUT2D eigenvalue weighted by molar-refractivity contribution is 7.13. The van der Waals surface area contributed by atoms with Crippen LogP contribution in [0.5, 0.6) is 0 Å². The summed E-state index contributed by atoms with van der Waals surface area (Å²) in [6.45, 7) is 4.20. The zero-order valence-electron chi connectivity index (χ0n) is 14.6. The van der Waals surface area contributed by atoms with Gasteiger partial charge in [0.1, 0.15) is 11.2 Å². The molecule has 0 saturated heterocycles. The molecule has 4 rings (SSSR count). The number of hydrogen-bond acceptors (Lipinski definition) is 4. The molecule has 4 aromatic rings. The summed E-state index contributed by atoms with van der Waals surface area (Å²) in [5.41, 5.74) is 4.14. The number of hydrogen-bond donors (Lipinski definition) is 1. The van der Waals surface area contributed by atoms with Crippen molar-refractivity contribution in [3.63, 3.8) is 0 Å². The Morgan fingerprint density at radius 3 is 2.77 bits per heavy atom. The van der Waals surface area contributed by atoms with Gasteiger partial charge in [0.05, 0.1) is 17.5 Å². The van der Waals surface area contributed by atoms with Gasteiger partial charge in [-0.05, 0) is 42.5 Å². The molecule has 0 aliphatic carbocycles. The van der Waals surface area contributed by atoms with E-state index in [4.69, 9.17) is 0 Å². The van der Waals surface area contributed by atoms with E-state index in [9.17, 15) is 9.90 Å². The monoisotopic (exact) mass is 365 g/mol. The van der Waals surface area contributed by atoms with Crippen molar-refractivity contribution in [2.75, 3.05) is 0 Å². The second-order valence-corrected chi connectivity index (χ2v) is 7.42. The highest BCUT2D eigenvalue weighted by atomic mass is 32.1. The third-order valence-corrected chi connectivity index (χ3v) is 5.42. The Labute approximate surface area is 154 Å². The predicted octanol–water partition coefficient (Wildman–Crippen LogP) is 3.57. The van der Waals surface area contributed by atoms with Crippen LogP contribution in [0.4, 0.5) is 0 Å². The molecule has 5 nitrogen and oxygen atoms in total. The molecule has 0 aliphatic heterocycles. The Bertz CT molecular complexity index is 1130. The van der Waals surface area contributed by atoms with Crippen molar-refractivity contribution >= 4 is 16.9 Å². The Kier molecular flexibility index (Phi) is 4.22. The van der Waals surface area contributed by atoms with E-state index in [2.05, 4.69) is 5.10 Å². The van der Waals surface area contributed by atoms with Crippen molar-refractivity contribution in [2.45, 2.75) is 26.5 Å². The number of aliphatic hydroxyl groups is 1. The molecule has 0 radical (unpaired) electrons. The minimum absolute atomic E-state index is 0.161. The molecule has 132 valence electrons. The van der Waals surface area contributed by atoms with Crippen molar-refractivity contribution in [1.29, 1.82) is 0 Å². The SMILES string of the molecule is Cc1ccc([C@@H](O)Cn2ccn3nc(-c4cccs4)cc3c2=O)c(C)c1. The summed E-state index contributed by atoms with van der Waals surface area (Å²) in [6.07, 6.45) is 2.69. The number of benzene rings is 1. The fourth-order valence-corrected chi connectivity index (χ4v) is 3.88. The molecule has 0 saturated carbocycles. The van der Waals surface area contributed by atoms with E-state index in [1.165, 1.54) is 0 Å². The normalized spacial score (nSPS) is 12.6. The zero-order valence-corrected chi connectivity index (χ0v) is 15.4. The molecule has 0 fully saturated rings. The van der Waals surface area contributed by atoms with Crippen LogP contribution in [-0.4, -0.2) is 19.3 Å². The van der Waals surface area contributed by atoms with Crippen LogP contribution < -0.4 is 5.56 Å². The molecule has 0 spiro atoms. The molecule has 0 unspecified atom stereocenters. The molecule has 1 atom stereocenters. The number of aryl methyl sites for hydroxylation is 2. The number of thiophene rings is 1. The molecule has 3 aromatic heterocycles. The maximum atomic E-state index is 12.8. The van der Waals surface area contributed by atoms with Crippen LogP contribution in [0.1, 0.15) is 22.8 Å². The highest BCUT2D eigenvalue weighted by Gasteiger charge is 2.14. The van der Waals surface area contributed by atoms with E-state index in [1.807, 2.05) is 49.6 Å². The van der Waals surface area contributed by atoms with Crippen molar-refractivity contribution in [3.8, 4) is 10.6 Å². The Balaban J connectivity index is 1.68. The van der Waals surface area contributed by atoms with Crippen LogP contribution >= 0.6 is 11.3 Å². The van der Waals surface area contributed by atoms with Crippen molar-refractivity contribution in [2.24, 2.45) is 0 Å². The van der Waals surface area contributed by atoms with E-state index in [1.54, 1.807) is 38.9 Å². The van der Waals surface area contributed by atoms with Crippen LogP contribution in [0.25, 0.3) is 16.1 Å². The molecule has 0 bridgehead atoms. The van der Waals surface area contributed by atoms with Crippen LogP contribution in [0.15, 0.2) is 59.0 Å². The van der Waals surface area contributed by atoms with Crippen LogP contribution in [0.2, 0.25) is 0 Å². The maximum Gasteiger partial charge on any atom is 0.276 e. The Hall–Kier alpha value is -2.70. The van der Waals surface area contributed by atoms with Gasteiger partial charge < -0.3 is 9.67 Å². The first kappa shape index (κ1) is 16.8. The summed E-state index contributed by atoms with van der Waals surface area (Å²) < 4.78 is 3.14. The third-order valence-electron chi connectivity index (χ3n) is 4.53. The van der Waals surface area contributed by atoms with Gasteiger partial charge in [0.25, 0.3) is 5.56 Å². The maximum absolute atomic E-state index is 12.8. The Morgan fingerprint density at radius 1 is 1.19 bits per heavy atom. The van der Waals surface area contributed by atoms with Gasteiger partial charge in [0, 0.05) is 12.4 Å². The van der Waals surface area contributed by atoms with Crippen molar-refractivity contribution < 1.29 is 5.11 Å². The second-order valence-electron chi connectivity index (χ2n) is 6.47. The van der Waals surface area contributed by atoms with E-state index in [0.717, 1.165) is 27.3 Å². The largest absolute Gasteiger partial charge is 0.387 e. The molecule has 1 aromatic carbocycles.